The molecular weight excluding hydrogens is 276 g/mol. The molecule has 1 fully saturated rings. The molecule has 1 aromatic heterocycles. The molecule has 0 radical (unpaired) electrons. The van der Waals surface area contributed by atoms with E-state index >= 15 is 0 Å². The standard InChI is InChI=1S/C14H20N2O3S/c17-12(18)8-14(5-2-1-3-6-14)16-13(19)15-9-11-4-7-20-10-11/h4,7,10H,1-3,5-6,8-9H2,(H,17,18)(H2,15,16,19). The van der Waals surface area contributed by atoms with Gasteiger partial charge in [0.15, 0.2) is 0 Å². The van der Waals surface area contributed by atoms with Gasteiger partial charge in [0.05, 0.1) is 12.0 Å². The van der Waals surface area contributed by atoms with Gasteiger partial charge in [-0.25, -0.2) is 4.79 Å². The second kappa shape index (κ2) is 6.74. The van der Waals surface area contributed by atoms with Crippen molar-refractivity contribution in [2.75, 3.05) is 0 Å². The van der Waals surface area contributed by atoms with Crippen LogP contribution in [0.15, 0.2) is 16.8 Å². The summed E-state index contributed by atoms with van der Waals surface area (Å²) in [7, 11) is 0. The van der Waals surface area contributed by atoms with Gasteiger partial charge < -0.3 is 15.7 Å². The lowest BCUT2D eigenvalue weighted by Crippen LogP contribution is -2.54. The Morgan fingerprint density at radius 2 is 2.05 bits per heavy atom. The summed E-state index contributed by atoms with van der Waals surface area (Å²) in [6, 6.07) is 1.68. The third-order valence-electron chi connectivity index (χ3n) is 3.71. The summed E-state index contributed by atoms with van der Waals surface area (Å²) in [5.41, 5.74) is 0.476. The van der Waals surface area contributed by atoms with Crippen LogP contribution in [-0.2, 0) is 11.3 Å². The van der Waals surface area contributed by atoms with Crippen molar-refractivity contribution in [3.8, 4) is 0 Å². The maximum atomic E-state index is 12.0. The molecule has 0 aromatic carbocycles. The Morgan fingerprint density at radius 1 is 1.30 bits per heavy atom. The summed E-state index contributed by atoms with van der Waals surface area (Å²) < 4.78 is 0. The van der Waals surface area contributed by atoms with Gasteiger partial charge in [-0.2, -0.15) is 11.3 Å². The molecule has 2 amide bonds. The van der Waals surface area contributed by atoms with Crippen molar-refractivity contribution in [3.05, 3.63) is 22.4 Å². The summed E-state index contributed by atoms with van der Waals surface area (Å²) in [4.78, 5) is 23.0. The molecule has 110 valence electrons. The third kappa shape index (κ3) is 4.23. The Bertz CT molecular complexity index is 453. The average Bonchev–Trinajstić information content (AvgIpc) is 2.89. The van der Waals surface area contributed by atoms with Crippen molar-refractivity contribution < 1.29 is 14.7 Å². The first-order valence-corrected chi connectivity index (χ1v) is 7.83. The van der Waals surface area contributed by atoms with Crippen molar-refractivity contribution in [3.63, 3.8) is 0 Å². The van der Waals surface area contributed by atoms with E-state index in [2.05, 4.69) is 10.6 Å². The van der Waals surface area contributed by atoms with E-state index < -0.39 is 11.5 Å². The minimum Gasteiger partial charge on any atom is -0.481 e. The number of urea groups is 1. The maximum absolute atomic E-state index is 12.0. The van der Waals surface area contributed by atoms with Crippen molar-refractivity contribution in [2.24, 2.45) is 0 Å². The molecule has 6 heteroatoms. The molecule has 0 unspecified atom stereocenters. The second-order valence-corrected chi connectivity index (χ2v) is 6.13. The minimum absolute atomic E-state index is 0.00112. The third-order valence-corrected chi connectivity index (χ3v) is 4.44. The lowest BCUT2D eigenvalue weighted by atomic mass is 9.79. The highest BCUT2D eigenvalue weighted by Gasteiger charge is 2.35. The predicted molar refractivity (Wildman–Crippen MR) is 77.8 cm³/mol. The summed E-state index contributed by atoms with van der Waals surface area (Å²) in [5, 5.41) is 18.7. The SMILES string of the molecule is O=C(O)CC1(NC(=O)NCc2ccsc2)CCCCC1. The first-order chi connectivity index (χ1) is 9.60. The van der Waals surface area contributed by atoms with Crippen molar-refractivity contribution >= 4 is 23.3 Å². The molecule has 5 nitrogen and oxygen atoms in total. The number of carbonyl (C=O) groups is 2. The molecule has 20 heavy (non-hydrogen) atoms. The van der Waals surface area contributed by atoms with Crippen LogP contribution in [0.4, 0.5) is 4.79 Å². The van der Waals surface area contributed by atoms with Crippen LogP contribution in [0.3, 0.4) is 0 Å². The number of carboxylic acids is 1. The van der Waals surface area contributed by atoms with Gasteiger partial charge in [0, 0.05) is 6.54 Å². The Morgan fingerprint density at radius 3 is 2.65 bits per heavy atom. The Balaban J connectivity index is 1.89. The van der Waals surface area contributed by atoms with E-state index in [-0.39, 0.29) is 12.5 Å². The normalized spacial score (nSPS) is 17.4. The Hall–Kier alpha value is -1.56. The van der Waals surface area contributed by atoms with E-state index in [1.54, 1.807) is 11.3 Å². The molecule has 1 aromatic rings. The van der Waals surface area contributed by atoms with Gasteiger partial charge in [-0.05, 0) is 35.2 Å². The zero-order chi connectivity index (χ0) is 14.4. The van der Waals surface area contributed by atoms with Crippen LogP contribution < -0.4 is 10.6 Å². The first kappa shape index (κ1) is 14.8. The summed E-state index contributed by atoms with van der Waals surface area (Å²) in [6.07, 6.45) is 4.53. The fourth-order valence-electron chi connectivity index (χ4n) is 2.72. The smallest absolute Gasteiger partial charge is 0.315 e. The molecule has 1 saturated carbocycles. The number of amides is 2. The van der Waals surface area contributed by atoms with E-state index in [1.165, 1.54) is 0 Å². The highest BCUT2D eigenvalue weighted by atomic mass is 32.1. The van der Waals surface area contributed by atoms with Gasteiger partial charge >= 0.3 is 12.0 Å². The van der Waals surface area contributed by atoms with Crippen LogP contribution in [0.25, 0.3) is 0 Å². The zero-order valence-corrected chi connectivity index (χ0v) is 12.2. The minimum atomic E-state index is -0.856. The average molecular weight is 296 g/mol. The van der Waals surface area contributed by atoms with Crippen molar-refractivity contribution in [2.45, 2.75) is 50.6 Å². The van der Waals surface area contributed by atoms with Crippen LogP contribution in [0, 0.1) is 0 Å². The Kier molecular flexibility index (Phi) is 5.00. The van der Waals surface area contributed by atoms with Gasteiger partial charge in [-0.15, -0.1) is 0 Å². The largest absolute Gasteiger partial charge is 0.481 e. The molecule has 1 heterocycles. The molecule has 0 bridgehead atoms. The van der Waals surface area contributed by atoms with Crippen LogP contribution in [0.1, 0.15) is 44.1 Å². The summed E-state index contributed by atoms with van der Waals surface area (Å²) in [6.45, 7) is 0.471. The monoisotopic (exact) mass is 296 g/mol. The molecular formula is C14H20N2O3S. The number of carboxylic acid groups (broad SMARTS) is 1. The van der Waals surface area contributed by atoms with Crippen LogP contribution >= 0.6 is 11.3 Å². The topological polar surface area (TPSA) is 78.4 Å². The van der Waals surface area contributed by atoms with Gasteiger partial charge in [-0.1, -0.05) is 19.3 Å². The number of carbonyl (C=O) groups excluding carboxylic acids is 1. The maximum Gasteiger partial charge on any atom is 0.315 e. The van der Waals surface area contributed by atoms with Crippen LogP contribution in [0.2, 0.25) is 0 Å². The highest BCUT2D eigenvalue weighted by Crippen LogP contribution is 2.31. The van der Waals surface area contributed by atoms with Crippen LogP contribution in [0.5, 0.6) is 0 Å². The highest BCUT2D eigenvalue weighted by molar-refractivity contribution is 7.07. The van der Waals surface area contributed by atoms with E-state index in [0.717, 1.165) is 37.7 Å². The van der Waals surface area contributed by atoms with Gasteiger partial charge in [0.1, 0.15) is 0 Å². The molecule has 3 N–H and O–H groups in total. The zero-order valence-electron chi connectivity index (χ0n) is 11.4. The molecule has 2 rings (SSSR count). The molecule has 0 saturated heterocycles. The number of hydrogen-bond donors (Lipinski definition) is 3. The number of hydrogen-bond acceptors (Lipinski definition) is 3. The second-order valence-electron chi connectivity index (χ2n) is 5.35. The van der Waals surface area contributed by atoms with E-state index in [0.29, 0.717) is 6.54 Å². The summed E-state index contributed by atoms with van der Waals surface area (Å²) >= 11 is 1.59. The molecule has 1 aliphatic carbocycles. The fourth-order valence-corrected chi connectivity index (χ4v) is 3.39. The van der Waals surface area contributed by atoms with Gasteiger partial charge in [-0.3, -0.25) is 4.79 Å². The van der Waals surface area contributed by atoms with Crippen LogP contribution in [-0.4, -0.2) is 22.6 Å². The van der Waals surface area contributed by atoms with Crippen molar-refractivity contribution in [1.82, 2.24) is 10.6 Å². The molecule has 0 atom stereocenters. The molecule has 0 spiro atoms. The summed E-state index contributed by atoms with van der Waals surface area (Å²) in [5.74, 6) is -0.856. The van der Waals surface area contributed by atoms with E-state index in [1.807, 2.05) is 16.8 Å². The Labute approximate surface area is 122 Å². The quantitative estimate of drug-likeness (QED) is 0.781. The van der Waals surface area contributed by atoms with E-state index in [4.69, 9.17) is 5.11 Å². The number of rotatable bonds is 5. The molecule has 1 aliphatic rings. The number of nitrogens with one attached hydrogen (secondary N) is 2. The number of thiophene rings is 1. The first-order valence-electron chi connectivity index (χ1n) is 6.89. The van der Waals surface area contributed by atoms with E-state index in [9.17, 15) is 9.59 Å². The van der Waals surface area contributed by atoms with Crippen molar-refractivity contribution in [1.29, 1.82) is 0 Å². The molecule has 0 aliphatic heterocycles. The lowest BCUT2D eigenvalue weighted by Gasteiger charge is -2.36. The fraction of sp³-hybridized carbons (Fsp3) is 0.571. The van der Waals surface area contributed by atoms with Gasteiger partial charge in [0.25, 0.3) is 0 Å². The van der Waals surface area contributed by atoms with Gasteiger partial charge in [0.2, 0.25) is 0 Å². The number of aliphatic carboxylic acids is 1. The predicted octanol–water partition coefficient (Wildman–Crippen LogP) is 2.72. The lowest BCUT2D eigenvalue weighted by molar-refractivity contribution is -0.139.